The maximum absolute atomic E-state index is 11.7. The van der Waals surface area contributed by atoms with Crippen LogP contribution < -0.4 is 16.6 Å². The van der Waals surface area contributed by atoms with E-state index in [1.165, 1.54) is 6.33 Å². The molecule has 2 aromatic heterocycles. The SMILES string of the molecule is NCCO.O=c1[nH]c(NCc2ccccc2)nc2nc[nH]c12. The van der Waals surface area contributed by atoms with E-state index >= 15 is 0 Å². The molecule has 0 bridgehead atoms. The van der Waals surface area contributed by atoms with E-state index in [9.17, 15) is 4.79 Å². The summed E-state index contributed by atoms with van der Waals surface area (Å²) in [5.74, 6) is 0.420. The standard InChI is InChI=1S/C12H11N5O.C2H7NO/c18-11-9-10(15-7-14-9)16-12(17-11)13-6-8-4-2-1-3-5-8;3-1-2-4/h1-5,7H,6H2,(H3,13,14,15,16,17,18);4H,1-3H2. The average Bonchev–Trinajstić information content (AvgIpc) is 3.03. The highest BCUT2D eigenvalue weighted by Gasteiger charge is 2.04. The molecule has 0 aliphatic heterocycles. The molecule has 6 N–H and O–H groups in total. The van der Waals surface area contributed by atoms with E-state index in [4.69, 9.17) is 10.8 Å². The smallest absolute Gasteiger partial charge is 0.278 e. The van der Waals surface area contributed by atoms with Gasteiger partial charge in [0, 0.05) is 13.1 Å². The molecule has 3 rings (SSSR count). The van der Waals surface area contributed by atoms with Crippen molar-refractivity contribution in [3.05, 3.63) is 52.6 Å². The van der Waals surface area contributed by atoms with Gasteiger partial charge >= 0.3 is 0 Å². The molecule has 8 nitrogen and oxygen atoms in total. The Morgan fingerprint density at radius 2 is 2.00 bits per heavy atom. The quantitative estimate of drug-likeness (QED) is 0.467. The molecule has 0 saturated heterocycles. The van der Waals surface area contributed by atoms with Gasteiger partial charge in [-0.15, -0.1) is 0 Å². The molecular formula is C14H18N6O2. The summed E-state index contributed by atoms with van der Waals surface area (Å²) < 4.78 is 0. The number of H-pyrrole nitrogens is 2. The number of hydrogen-bond donors (Lipinski definition) is 5. The zero-order chi connectivity index (χ0) is 15.8. The summed E-state index contributed by atoms with van der Waals surface area (Å²) in [6.07, 6.45) is 1.45. The molecule has 3 aromatic rings. The van der Waals surface area contributed by atoms with Crippen LogP contribution >= 0.6 is 0 Å². The zero-order valence-electron chi connectivity index (χ0n) is 11.9. The normalized spacial score (nSPS) is 10.1. The molecule has 0 amide bonds. The fourth-order valence-corrected chi connectivity index (χ4v) is 1.71. The largest absolute Gasteiger partial charge is 0.395 e. The number of anilines is 1. The number of imidazole rings is 1. The highest BCUT2D eigenvalue weighted by molar-refractivity contribution is 5.69. The summed E-state index contributed by atoms with van der Waals surface area (Å²) in [4.78, 5) is 25.2. The molecule has 8 heteroatoms. The van der Waals surface area contributed by atoms with Gasteiger partial charge in [0.2, 0.25) is 5.95 Å². The van der Waals surface area contributed by atoms with E-state index in [-0.39, 0.29) is 12.2 Å². The molecule has 0 radical (unpaired) electrons. The highest BCUT2D eigenvalue weighted by Crippen LogP contribution is 2.05. The van der Waals surface area contributed by atoms with Crippen LogP contribution in [0.4, 0.5) is 5.95 Å². The Morgan fingerprint density at radius 3 is 2.68 bits per heavy atom. The third-order valence-corrected chi connectivity index (χ3v) is 2.73. The van der Waals surface area contributed by atoms with Gasteiger partial charge < -0.3 is 21.1 Å². The zero-order valence-corrected chi connectivity index (χ0v) is 11.9. The molecular weight excluding hydrogens is 284 g/mol. The van der Waals surface area contributed by atoms with Crippen LogP contribution in [-0.2, 0) is 6.54 Å². The molecule has 0 saturated carbocycles. The monoisotopic (exact) mass is 302 g/mol. The Kier molecular flexibility index (Phi) is 5.64. The summed E-state index contributed by atoms with van der Waals surface area (Å²) in [5.41, 5.74) is 6.46. The second kappa shape index (κ2) is 7.91. The number of rotatable bonds is 4. The molecule has 0 aliphatic rings. The Balaban J connectivity index is 0.000000396. The van der Waals surface area contributed by atoms with Crippen molar-refractivity contribution >= 4 is 17.1 Å². The van der Waals surface area contributed by atoms with Gasteiger partial charge in [0.1, 0.15) is 0 Å². The van der Waals surface area contributed by atoms with Crippen LogP contribution in [0.5, 0.6) is 0 Å². The molecule has 0 unspecified atom stereocenters. The topological polar surface area (TPSA) is 133 Å². The van der Waals surface area contributed by atoms with Gasteiger partial charge in [0.15, 0.2) is 11.2 Å². The lowest BCUT2D eigenvalue weighted by molar-refractivity contribution is 0.306. The number of aliphatic hydroxyl groups is 1. The van der Waals surface area contributed by atoms with Crippen LogP contribution in [0, 0.1) is 0 Å². The predicted octanol–water partition coefficient (Wildman–Crippen LogP) is 0.196. The second-order valence-electron chi connectivity index (χ2n) is 4.37. The second-order valence-corrected chi connectivity index (χ2v) is 4.37. The van der Waals surface area contributed by atoms with Gasteiger partial charge in [0.25, 0.3) is 5.56 Å². The van der Waals surface area contributed by atoms with Crippen LogP contribution in [0.2, 0.25) is 0 Å². The van der Waals surface area contributed by atoms with Gasteiger partial charge in [-0.2, -0.15) is 4.98 Å². The maximum atomic E-state index is 11.7. The number of aromatic amines is 2. The van der Waals surface area contributed by atoms with Gasteiger partial charge in [-0.05, 0) is 5.56 Å². The van der Waals surface area contributed by atoms with Gasteiger partial charge in [-0.3, -0.25) is 9.78 Å². The van der Waals surface area contributed by atoms with Crippen molar-refractivity contribution in [1.29, 1.82) is 0 Å². The lowest BCUT2D eigenvalue weighted by Gasteiger charge is -2.04. The number of nitrogens with zero attached hydrogens (tertiary/aromatic N) is 2. The van der Waals surface area contributed by atoms with Crippen molar-refractivity contribution < 1.29 is 5.11 Å². The summed E-state index contributed by atoms with van der Waals surface area (Å²) in [6.45, 7) is 1.07. The van der Waals surface area contributed by atoms with Crippen LogP contribution in [-0.4, -0.2) is 38.2 Å². The Morgan fingerprint density at radius 1 is 1.27 bits per heavy atom. The number of nitrogens with one attached hydrogen (secondary N) is 3. The highest BCUT2D eigenvalue weighted by atomic mass is 16.3. The first-order valence-electron chi connectivity index (χ1n) is 6.76. The molecule has 116 valence electrons. The number of fused-ring (bicyclic) bond motifs is 1. The molecule has 22 heavy (non-hydrogen) atoms. The third-order valence-electron chi connectivity index (χ3n) is 2.73. The van der Waals surface area contributed by atoms with Crippen molar-refractivity contribution in [2.24, 2.45) is 5.73 Å². The number of aromatic nitrogens is 4. The lowest BCUT2D eigenvalue weighted by atomic mass is 10.2. The van der Waals surface area contributed by atoms with E-state index in [2.05, 4.69) is 25.3 Å². The molecule has 0 aliphatic carbocycles. The lowest BCUT2D eigenvalue weighted by Crippen LogP contribution is -2.13. The summed E-state index contributed by atoms with van der Waals surface area (Å²) in [7, 11) is 0. The Hall–Kier alpha value is -2.71. The predicted molar refractivity (Wildman–Crippen MR) is 84.4 cm³/mol. The van der Waals surface area contributed by atoms with Crippen molar-refractivity contribution in [3.63, 3.8) is 0 Å². The van der Waals surface area contributed by atoms with Gasteiger partial charge in [-0.25, -0.2) is 4.98 Å². The van der Waals surface area contributed by atoms with E-state index in [0.29, 0.717) is 30.2 Å². The molecule has 0 fully saturated rings. The minimum atomic E-state index is -0.229. The summed E-state index contributed by atoms with van der Waals surface area (Å²) >= 11 is 0. The van der Waals surface area contributed by atoms with E-state index in [1.807, 2.05) is 30.3 Å². The third kappa shape index (κ3) is 4.14. The first-order chi connectivity index (χ1) is 10.7. The average molecular weight is 302 g/mol. The van der Waals surface area contributed by atoms with Crippen molar-refractivity contribution in [1.82, 2.24) is 19.9 Å². The number of nitrogens with two attached hydrogens (primary N) is 1. The fourth-order valence-electron chi connectivity index (χ4n) is 1.71. The molecule has 1 aromatic carbocycles. The maximum Gasteiger partial charge on any atom is 0.278 e. The molecule has 2 heterocycles. The van der Waals surface area contributed by atoms with E-state index in [1.54, 1.807) is 0 Å². The first kappa shape index (κ1) is 15.7. The van der Waals surface area contributed by atoms with Gasteiger partial charge in [-0.1, -0.05) is 30.3 Å². The van der Waals surface area contributed by atoms with Crippen LogP contribution in [0.25, 0.3) is 11.2 Å². The number of hydrogen-bond acceptors (Lipinski definition) is 6. The Labute approximate surface area is 126 Å². The van der Waals surface area contributed by atoms with Crippen LogP contribution in [0.15, 0.2) is 41.5 Å². The van der Waals surface area contributed by atoms with E-state index < -0.39 is 0 Å². The van der Waals surface area contributed by atoms with Crippen molar-refractivity contribution in [2.45, 2.75) is 6.54 Å². The number of aliphatic hydroxyl groups excluding tert-OH is 1. The first-order valence-corrected chi connectivity index (χ1v) is 6.76. The van der Waals surface area contributed by atoms with Crippen molar-refractivity contribution in [2.75, 3.05) is 18.5 Å². The summed E-state index contributed by atoms with van der Waals surface area (Å²) in [6, 6.07) is 9.88. The molecule has 0 spiro atoms. The van der Waals surface area contributed by atoms with Crippen LogP contribution in [0.3, 0.4) is 0 Å². The fraction of sp³-hybridized carbons (Fsp3) is 0.214. The minimum absolute atomic E-state index is 0.0972. The number of benzene rings is 1. The molecule has 0 atom stereocenters. The minimum Gasteiger partial charge on any atom is -0.395 e. The van der Waals surface area contributed by atoms with Crippen molar-refractivity contribution in [3.8, 4) is 0 Å². The summed E-state index contributed by atoms with van der Waals surface area (Å²) in [5, 5.41) is 10.8. The van der Waals surface area contributed by atoms with Gasteiger partial charge in [0.05, 0.1) is 12.9 Å². The van der Waals surface area contributed by atoms with Crippen LogP contribution in [0.1, 0.15) is 5.56 Å². The Bertz CT molecular complexity index is 751. The van der Waals surface area contributed by atoms with E-state index in [0.717, 1.165) is 5.56 Å².